The first-order valence-electron chi connectivity index (χ1n) is 22.2. The van der Waals surface area contributed by atoms with E-state index in [1.807, 2.05) is 127 Å². The van der Waals surface area contributed by atoms with E-state index < -0.39 is 12.1 Å². The van der Waals surface area contributed by atoms with Gasteiger partial charge in [-0.3, -0.25) is 0 Å². The van der Waals surface area contributed by atoms with E-state index in [0.717, 1.165) is 60.9 Å². The largest absolute Gasteiger partial charge is 0.309 e. The van der Waals surface area contributed by atoms with Crippen LogP contribution in [0.4, 0.5) is 0 Å². The molecule has 0 aliphatic rings. The highest BCUT2D eigenvalue weighted by Crippen LogP contribution is 2.40. The molecule has 0 aliphatic heterocycles. The number of para-hydroxylation sites is 2. The number of hydrogen-bond donors (Lipinski definition) is 0. The Kier molecular flexibility index (Phi) is 6.01. The molecule has 2 aromatic heterocycles. The first kappa shape index (κ1) is 25.6. The summed E-state index contributed by atoms with van der Waals surface area (Å²) in [6, 6.07) is 56.6. The van der Waals surface area contributed by atoms with Crippen molar-refractivity contribution in [3.8, 4) is 55.9 Å². The van der Waals surface area contributed by atoms with E-state index in [0.29, 0.717) is 11.3 Å². The molecule has 0 saturated carbocycles. The Bertz CT molecular complexity index is 3560. The van der Waals surface area contributed by atoms with Crippen LogP contribution in [0.15, 0.2) is 218 Å². The van der Waals surface area contributed by atoms with Gasteiger partial charge in [0, 0.05) is 32.9 Å². The van der Waals surface area contributed by atoms with Crippen LogP contribution in [-0.2, 0) is 0 Å². The second-order valence-corrected chi connectivity index (χ2v) is 14.0. The van der Waals surface area contributed by atoms with Gasteiger partial charge in [-0.15, -0.1) is 0 Å². The molecule has 9 aromatic carbocycles. The molecule has 0 saturated heterocycles. The fourth-order valence-electron chi connectivity index (χ4n) is 8.09. The summed E-state index contributed by atoms with van der Waals surface area (Å²) in [5, 5.41) is 2.22. The molecule has 0 amide bonds. The van der Waals surface area contributed by atoms with Crippen LogP contribution >= 0.6 is 0 Å². The van der Waals surface area contributed by atoms with Gasteiger partial charge in [0.1, 0.15) is 0 Å². The molecule has 0 N–H and O–H groups in total. The molecule has 262 valence electrons. The maximum absolute atomic E-state index is 9.98. The van der Waals surface area contributed by atoms with Crippen LogP contribution in [0.3, 0.4) is 0 Å². The van der Waals surface area contributed by atoms with E-state index in [9.17, 15) is 6.85 Å². The molecule has 2 heteroatoms. The van der Waals surface area contributed by atoms with Gasteiger partial charge in [0.15, 0.2) is 0 Å². The zero-order valence-corrected chi connectivity index (χ0v) is 30.1. The highest BCUT2D eigenvalue weighted by atomic mass is 15.0. The molecule has 0 radical (unpaired) electrons. The Balaban J connectivity index is 1.21. The lowest BCUT2D eigenvalue weighted by atomic mass is 9.98. The summed E-state index contributed by atoms with van der Waals surface area (Å²) in [6.45, 7) is 0. The Morgan fingerprint density at radius 2 is 0.839 bits per heavy atom. The lowest BCUT2D eigenvalue weighted by Crippen LogP contribution is -1.96. The van der Waals surface area contributed by atoms with Gasteiger partial charge in [0.2, 0.25) is 0 Å². The zero-order chi connectivity index (χ0) is 43.1. The lowest BCUT2D eigenvalue weighted by molar-refractivity contribution is 1.18. The van der Waals surface area contributed by atoms with Crippen LogP contribution in [0, 0.1) is 0 Å². The summed E-state index contributed by atoms with van der Waals surface area (Å²) in [4.78, 5) is 0. The molecule has 0 spiro atoms. The van der Waals surface area contributed by atoms with Crippen molar-refractivity contribution in [3.63, 3.8) is 0 Å². The molecule has 0 atom stereocenters. The van der Waals surface area contributed by atoms with Crippen molar-refractivity contribution >= 4 is 43.6 Å². The van der Waals surface area contributed by atoms with Crippen LogP contribution < -0.4 is 0 Å². The predicted molar refractivity (Wildman–Crippen MR) is 237 cm³/mol. The molecule has 0 aliphatic carbocycles. The highest BCUT2D eigenvalue weighted by Gasteiger charge is 2.18. The lowest BCUT2D eigenvalue weighted by Gasteiger charge is -2.14. The Labute approximate surface area is 335 Å². The van der Waals surface area contributed by atoms with Crippen LogP contribution in [0.1, 0.15) is 9.60 Å². The third kappa shape index (κ3) is 5.34. The van der Waals surface area contributed by atoms with Gasteiger partial charge in [-0.1, -0.05) is 152 Å². The Morgan fingerprint density at radius 1 is 0.286 bits per heavy atom. The summed E-state index contributed by atoms with van der Waals surface area (Å²) < 4.78 is 69.5. The molecule has 0 fully saturated rings. The van der Waals surface area contributed by atoms with Crippen molar-refractivity contribution in [2.24, 2.45) is 0 Å². The second-order valence-electron chi connectivity index (χ2n) is 14.0. The van der Waals surface area contributed by atoms with Gasteiger partial charge < -0.3 is 9.13 Å². The summed E-state index contributed by atoms with van der Waals surface area (Å²) in [6.07, 6.45) is 0. The number of aromatic nitrogens is 2. The molecule has 0 unspecified atom stereocenters. The predicted octanol–water partition coefficient (Wildman–Crippen LogP) is 14.5. The highest BCUT2D eigenvalue weighted by molar-refractivity contribution is 6.13. The third-order valence-corrected chi connectivity index (χ3v) is 10.7. The van der Waals surface area contributed by atoms with Crippen molar-refractivity contribution in [2.45, 2.75) is 0 Å². The average Bonchev–Trinajstić information content (AvgIpc) is 3.87. The van der Waals surface area contributed by atoms with E-state index in [-0.39, 0.29) is 57.6 Å². The summed E-state index contributed by atoms with van der Waals surface area (Å²) in [5.41, 5.74) is 10.3. The molecule has 0 bridgehead atoms. The van der Waals surface area contributed by atoms with Gasteiger partial charge >= 0.3 is 0 Å². The molecule has 11 aromatic rings. The first-order valence-corrected chi connectivity index (χ1v) is 18.7. The quantitative estimate of drug-likeness (QED) is 0.162. The number of hydrogen-bond acceptors (Lipinski definition) is 0. The molecule has 56 heavy (non-hydrogen) atoms. The van der Waals surface area contributed by atoms with Crippen molar-refractivity contribution in [1.29, 1.82) is 0 Å². The number of rotatable bonds is 6. The third-order valence-electron chi connectivity index (χ3n) is 10.7. The van der Waals surface area contributed by atoms with Crippen molar-refractivity contribution in [2.75, 3.05) is 0 Å². The number of fused-ring (bicyclic) bond motifs is 6. The first-order chi connectivity index (χ1) is 30.7. The Morgan fingerprint density at radius 3 is 1.52 bits per heavy atom. The van der Waals surface area contributed by atoms with E-state index >= 15 is 0 Å². The van der Waals surface area contributed by atoms with Crippen molar-refractivity contribution in [3.05, 3.63) is 218 Å². The van der Waals surface area contributed by atoms with Crippen molar-refractivity contribution in [1.82, 2.24) is 9.13 Å². The molecule has 2 heterocycles. The topological polar surface area (TPSA) is 9.86 Å². The minimum absolute atomic E-state index is 0.0835. The molecular weight excluding hydrogens is 677 g/mol. The SMILES string of the molecule is [2H]c1c([2H])c([2H])c2c(c1[2H])c1c([2H])c(-c3ccc4c(c3)c3ccc(-c5ccccc5)cc3n4-c3ccccc3)c([2H])c([2H])c1n2-c1cc(-c2ccccc2)cc(-c2ccccc2)c1. The van der Waals surface area contributed by atoms with Gasteiger partial charge in [0.25, 0.3) is 0 Å². The van der Waals surface area contributed by atoms with Crippen LogP contribution in [0.2, 0.25) is 0 Å². The minimum atomic E-state index is -0.429. The van der Waals surface area contributed by atoms with E-state index in [4.69, 9.17) is 2.74 Å². The van der Waals surface area contributed by atoms with Crippen LogP contribution in [0.25, 0.3) is 99.5 Å². The normalized spacial score (nSPS) is 13.3. The molecular formula is C54H36N2. The fourth-order valence-corrected chi connectivity index (χ4v) is 8.09. The van der Waals surface area contributed by atoms with Gasteiger partial charge in [-0.25, -0.2) is 0 Å². The summed E-state index contributed by atoms with van der Waals surface area (Å²) in [7, 11) is 0. The van der Waals surface area contributed by atoms with E-state index in [2.05, 4.69) is 53.1 Å². The summed E-state index contributed by atoms with van der Waals surface area (Å²) >= 11 is 0. The number of nitrogens with zero attached hydrogens (tertiary/aromatic N) is 2. The van der Waals surface area contributed by atoms with Gasteiger partial charge in [0.05, 0.1) is 31.7 Å². The fraction of sp³-hybridized carbons (Fsp3) is 0. The van der Waals surface area contributed by atoms with E-state index in [1.54, 1.807) is 4.57 Å². The second kappa shape index (κ2) is 13.2. The van der Waals surface area contributed by atoms with E-state index in [1.165, 1.54) is 0 Å². The Hall–Kier alpha value is -7.42. The summed E-state index contributed by atoms with van der Waals surface area (Å²) in [5.74, 6) is 0. The number of benzene rings is 9. The van der Waals surface area contributed by atoms with Crippen molar-refractivity contribution < 1.29 is 9.60 Å². The molecule has 2 nitrogen and oxygen atoms in total. The monoisotopic (exact) mass is 719 g/mol. The minimum Gasteiger partial charge on any atom is -0.309 e. The molecule has 11 rings (SSSR count). The smallest absolute Gasteiger partial charge is 0.0645 e. The maximum atomic E-state index is 9.98. The van der Waals surface area contributed by atoms with Gasteiger partial charge in [-0.05, 0) is 111 Å². The zero-order valence-electron chi connectivity index (χ0n) is 37.1. The maximum Gasteiger partial charge on any atom is 0.0645 e. The standard InChI is InChI=1S/C54H36N2/c1-5-15-37(16-6-1)42-25-28-48-50-35-41(26-29-52(50)55(54(48)36-42)45-21-11-4-12-22-45)40-27-30-53-49(34-40)47-23-13-14-24-51(47)56(53)46-32-43(38-17-7-2-8-18-38)31-44(33-46)39-19-9-3-10-20-39/h1-36H/i13D,14D,23D,24D,27D,30D,34D. The van der Waals surface area contributed by atoms with Gasteiger partial charge in [-0.2, -0.15) is 0 Å². The van der Waals surface area contributed by atoms with Crippen LogP contribution in [-0.4, -0.2) is 9.13 Å². The average molecular weight is 720 g/mol. The van der Waals surface area contributed by atoms with Crippen LogP contribution in [0.5, 0.6) is 0 Å².